The quantitative estimate of drug-likeness (QED) is 0.912. The largest absolute Gasteiger partial charge is 0.479 e. The van der Waals surface area contributed by atoms with Gasteiger partial charge in [-0.05, 0) is 43.5 Å². The van der Waals surface area contributed by atoms with E-state index >= 15 is 0 Å². The van der Waals surface area contributed by atoms with E-state index in [1.54, 1.807) is 6.92 Å². The first kappa shape index (κ1) is 13.5. The van der Waals surface area contributed by atoms with Gasteiger partial charge in [-0.1, -0.05) is 6.92 Å². The first-order valence-electron chi connectivity index (χ1n) is 6.32. The van der Waals surface area contributed by atoms with E-state index in [1.165, 1.54) is 29.2 Å². The van der Waals surface area contributed by atoms with Gasteiger partial charge < -0.3 is 10.0 Å². The molecule has 1 aromatic carbocycles. The van der Waals surface area contributed by atoms with Gasteiger partial charge in [0.05, 0.1) is 0 Å². The van der Waals surface area contributed by atoms with Crippen molar-refractivity contribution in [2.24, 2.45) is 0 Å². The summed E-state index contributed by atoms with van der Waals surface area (Å²) in [5.41, 5.74) is -0.798. The Kier molecular flexibility index (Phi) is 3.55. The highest BCUT2D eigenvalue weighted by atomic mass is 19.1. The second-order valence-corrected chi connectivity index (χ2v) is 4.76. The van der Waals surface area contributed by atoms with E-state index in [0.717, 1.165) is 0 Å². The maximum absolute atomic E-state index is 12.9. The van der Waals surface area contributed by atoms with Crippen molar-refractivity contribution in [1.29, 1.82) is 0 Å². The molecule has 5 heteroatoms. The van der Waals surface area contributed by atoms with Crippen LogP contribution in [0.2, 0.25) is 0 Å². The predicted octanol–water partition coefficient (Wildman–Crippen LogP) is 2.30. The van der Waals surface area contributed by atoms with Gasteiger partial charge in [0.1, 0.15) is 11.4 Å². The Morgan fingerprint density at radius 2 is 2.00 bits per heavy atom. The molecule has 0 aliphatic carbocycles. The highest BCUT2D eigenvalue weighted by Crippen LogP contribution is 2.34. The van der Waals surface area contributed by atoms with Crippen molar-refractivity contribution >= 4 is 11.9 Å². The van der Waals surface area contributed by atoms with Crippen LogP contribution in [0.3, 0.4) is 0 Å². The van der Waals surface area contributed by atoms with Gasteiger partial charge in [-0.25, -0.2) is 9.18 Å². The number of carboxylic acid groups (broad SMARTS) is 1. The first-order valence-corrected chi connectivity index (χ1v) is 6.32. The lowest BCUT2D eigenvalue weighted by atomic mass is 9.92. The van der Waals surface area contributed by atoms with Crippen molar-refractivity contribution in [1.82, 2.24) is 4.90 Å². The average molecular weight is 265 g/mol. The van der Waals surface area contributed by atoms with Crippen LogP contribution in [0, 0.1) is 5.82 Å². The Morgan fingerprint density at radius 1 is 1.37 bits per heavy atom. The Hall–Kier alpha value is -1.91. The predicted molar refractivity (Wildman–Crippen MR) is 67.3 cm³/mol. The second kappa shape index (κ2) is 4.99. The molecule has 1 saturated heterocycles. The summed E-state index contributed by atoms with van der Waals surface area (Å²) in [6.45, 7) is 2.20. The van der Waals surface area contributed by atoms with Gasteiger partial charge in [-0.3, -0.25) is 4.79 Å². The van der Waals surface area contributed by atoms with E-state index in [2.05, 4.69) is 0 Å². The highest BCUT2D eigenvalue weighted by molar-refractivity contribution is 5.98. The van der Waals surface area contributed by atoms with Gasteiger partial charge in [0, 0.05) is 12.1 Å². The van der Waals surface area contributed by atoms with Crippen LogP contribution in [-0.4, -0.2) is 34.0 Å². The zero-order valence-electron chi connectivity index (χ0n) is 10.7. The van der Waals surface area contributed by atoms with Crippen LogP contribution in [0.25, 0.3) is 0 Å². The standard InChI is InChI=1S/C14H16FNO3/c1-2-14(13(18)19)8-3-9-16(14)12(17)10-4-6-11(15)7-5-10/h4-7H,2-3,8-9H2,1H3,(H,18,19). The third-order valence-electron chi connectivity index (χ3n) is 3.81. The number of hydrogen-bond donors (Lipinski definition) is 1. The molecule has 0 saturated carbocycles. The van der Waals surface area contributed by atoms with Crippen molar-refractivity contribution < 1.29 is 19.1 Å². The molecule has 0 radical (unpaired) electrons. The molecule has 2 rings (SSSR count). The molecule has 4 nitrogen and oxygen atoms in total. The molecule has 1 atom stereocenters. The third-order valence-corrected chi connectivity index (χ3v) is 3.81. The van der Waals surface area contributed by atoms with Crippen molar-refractivity contribution in [2.45, 2.75) is 31.7 Å². The fraction of sp³-hybridized carbons (Fsp3) is 0.429. The Labute approximate surface area is 110 Å². The molecule has 0 bridgehead atoms. The Balaban J connectivity index is 2.32. The van der Waals surface area contributed by atoms with Crippen molar-refractivity contribution in [3.8, 4) is 0 Å². The van der Waals surface area contributed by atoms with Crippen molar-refractivity contribution in [3.05, 3.63) is 35.6 Å². The highest BCUT2D eigenvalue weighted by Gasteiger charge is 2.48. The summed E-state index contributed by atoms with van der Waals surface area (Å²) in [7, 11) is 0. The maximum Gasteiger partial charge on any atom is 0.329 e. The first-order chi connectivity index (χ1) is 9.01. The van der Waals surface area contributed by atoms with Crippen LogP contribution in [0.5, 0.6) is 0 Å². The van der Waals surface area contributed by atoms with Gasteiger partial charge in [0.25, 0.3) is 5.91 Å². The number of rotatable bonds is 3. The molecule has 0 spiro atoms. The van der Waals surface area contributed by atoms with Crippen LogP contribution >= 0.6 is 0 Å². The topological polar surface area (TPSA) is 57.6 Å². The average Bonchev–Trinajstić information content (AvgIpc) is 2.83. The SMILES string of the molecule is CCC1(C(=O)O)CCCN1C(=O)c1ccc(F)cc1. The third kappa shape index (κ3) is 2.20. The lowest BCUT2D eigenvalue weighted by Crippen LogP contribution is -2.52. The molecule has 1 aromatic rings. The van der Waals surface area contributed by atoms with Crippen LogP contribution < -0.4 is 0 Å². The summed E-state index contributed by atoms with van der Waals surface area (Å²) >= 11 is 0. The number of nitrogens with zero attached hydrogens (tertiary/aromatic N) is 1. The Morgan fingerprint density at radius 3 is 2.53 bits per heavy atom. The molecule has 1 aliphatic rings. The van der Waals surface area contributed by atoms with Gasteiger partial charge in [0.2, 0.25) is 0 Å². The molecule has 1 amide bonds. The van der Waals surface area contributed by atoms with Gasteiger partial charge in [0.15, 0.2) is 0 Å². The van der Waals surface area contributed by atoms with Gasteiger partial charge in [-0.15, -0.1) is 0 Å². The molecule has 0 aromatic heterocycles. The van der Waals surface area contributed by atoms with Crippen molar-refractivity contribution in [3.63, 3.8) is 0 Å². The van der Waals surface area contributed by atoms with Crippen LogP contribution in [0.4, 0.5) is 4.39 Å². The normalized spacial score (nSPS) is 22.5. The minimum atomic E-state index is -1.12. The van der Waals surface area contributed by atoms with Crippen LogP contribution in [-0.2, 0) is 4.79 Å². The summed E-state index contributed by atoms with van der Waals surface area (Å²) in [4.78, 5) is 25.3. The molecular weight excluding hydrogens is 249 g/mol. The smallest absolute Gasteiger partial charge is 0.329 e. The summed E-state index contributed by atoms with van der Waals surface area (Å²) in [6.07, 6.45) is 1.51. The van der Waals surface area contributed by atoms with Gasteiger partial charge in [-0.2, -0.15) is 0 Å². The fourth-order valence-corrected chi connectivity index (χ4v) is 2.66. The molecule has 1 heterocycles. The summed E-state index contributed by atoms with van der Waals surface area (Å²) < 4.78 is 12.9. The van der Waals surface area contributed by atoms with E-state index in [-0.39, 0.29) is 5.91 Å². The molecule has 102 valence electrons. The molecule has 1 unspecified atom stereocenters. The number of carbonyl (C=O) groups excluding carboxylic acids is 1. The van der Waals surface area contributed by atoms with Gasteiger partial charge >= 0.3 is 5.97 Å². The monoisotopic (exact) mass is 265 g/mol. The van der Waals surface area contributed by atoms with E-state index in [4.69, 9.17) is 0 Å². The minimum Gasteiger partial charge on any atom is -0.479 e. The van der Waals surface area contributed by atoms with E-state index in [9.17, 15) is 19.1 Å². The minimum absolute atomic E-state index is 0.322. The maximum atomic E-state index is 12.9. The number of hydrogen-bond acceptors (Lipinski definition) is 2. The molecule has 1 N–H and O–H groups in total. The lowest BCUT2D eigenvalue weighted by molar-refractivity contribution is -0.148. The number of halogens is 1. The number of likely N-dealkylation sites (tertiary alicyclic amines) is 1. The number of carbonyl (C=O) groups is 2. The molecule has 19 heavy (non-hydrogen) atoms. The molecular formula is C14H16FNO3. The second-order valence-electron chi connectivity index (χ2n) is 4.76. The summed E-state index contributed by atoms with van der Waals surface area (Å²) in [5.74, 6) is -1.73. The van der Waals surface area contributed by atoms with E-state index in [0.29, 0.717) is 31.4 Å². The zero-order chi connectivity index (χ0) is 14.0. The van der Waals surface area contributed by atoms with Crippen LogP contribution in [0.15, 0.2) is 24.3 Å². The van der Waals surface area contributed by atoms with Crippen LogP contribution in [0.1, 0.15) is 36.5 Å². The lowest BCUT2D eigenvalue weighted by Gasteiger charge is -2.33. The number of amides is 1. The summed E-state index contributed by atoms with van der Waals surface area (Å²) in [6, 6.07) is 5.19. The van der Waals surface area contributed by atoms with E-state index in [1.807, 2.05) is 0 Å². The molecule has 1 fully saturated rings. The number of aliphatic carboxylic acids is 1. The van der Waals surface area contributed by atoms with Crippen molar-refractivity contribution in [2.75, 3.05) is 6.54 Å². The number of benzene rings is 1. The zero-order valence-corrected chi connectivity index (χ0v) is 10.7. The van der Waals surface area contributed by atoms with E-state index < -0.39 is 17.3 Å². The number of carboxylic acids is 1. The summed E-state index contributed by atoms with van der Waals surface area (Å²) in [5, 5.41) is 9.42. The fourth-order valence-electron chi connectivity index (χ4n) is 2.66. The molecule has 1 aliphatic heterocycles. The Bertz CT molecular complexity index is 500.